The zero-order valence-corrected chi connectivity index (χ0v) is 20.2. The number of rotatable bonds is 6. The molecule has 7 heteroatoms. The number of pyridine rings is 1. The highest BCUT2D eigenvalue weighted by molar-refractivity contribution is 5.86. The maximum absolute atomic E-state index is 11.3. The molecule has 5 nitrogen and oxygen atoms in total. The summed E-state index contributed by atoms with van der Waals surface area (Å²) in [5.74, 6) is 1.00. The zero-order valence-electron chi connectivity index (χ0n) is 18.6. The highest BCUT2D eigenvalue weighted by atomic mass is 35.5. The van der Waals surface area contributed by atoms with Gasteiger partial charge >= 0.3 is 0 Å². The van der Waals surface area contributed by atoms with Crippen LogP contribution in [0.1, 0.15) is 38.2 Å². The Labute approximate surface area is 202 Å². The molecule has 2 N–H and O–H groups in total. The molecule has 1 fully saturated rings. The number of benzene rings is 2. The van der Waals surface area contributed by atoms with Gasteiger partial charge in [0.1, 0.15) is 5.82 Å². The molecule has 1 heterocycles. The predicted octanol–water partition coefficient (Wildman–Crippen LogP) is 5.57. The first kappa shape index (κ1) is 25.8. The molecule has 0 aliphatic heterocycles. The fourth-order valence-electron chi connectivity index (χ4n) is 4.36. The van der Waals surface area contributed by atoms with Gasteiger partial charge in [0.25, 0.3) is 0 Å². The predicted molar refractivity (Wildman–Crippen MR) is 138 cm³/mol. The zero-order chi connectivity index (χ0) is 20.9. The van der Waals surface area contributed by atoms with E-state index < -0.39 is 0 Å². The van der Waals surface area contributed by atoms with E-state index >= 15 is 0 Å². The Kier molecular flexibility index (Phi) is 9.60. The summed E-state index contributed by atoms with van der Waals surface area (Å²) >= 11 is 0. The Hall–Kier alpha value is -2.50. The third kappa shape index (κ3) is 6.50. The van der Waals surface area contributed by atoms with Crippen molar-refractivity contribution in [2.75, 3.05) is 17.3 Å². The van der Waals surface area contributed by atoms with Crippen LogP contribution in [0.4, 0.5) is 11.5 Å². The first-order chi connectivity index (χ1) is 14.6. The van der Waals surface area contributed by atoms with Crippen molar-refractivity contribution in [3.05, 3.63) is 66.2 Å². The molecule has 1 aromatic heterocycles. The lowest BCUT2D eigenvalue weighted by Crippen LogP contribution is -2.39. The van der Waals surface area contributed by atoms with Crippen molar-refractivity contribution in [3.8, 4) is 0 Å². The molecule has 32 heavy (non-hydrogen) atoms. The molecule has 0 radical (unpaired) electrons. The monoisotopic (exact) mass is 474 g/mol. The molecule has 0 unspecified atom stereocenters. The van der Waals surface area contributed by atoms with Gasteiger partial charge in [0.2, 0.25) is 5.91 Å². The van der Waals surface area contributed by atoms with E-state index in [1.165, 1.54) is 16.6 Å². The molecule has 2 aromatic carbocycles. The summed E-state index contributed by atoms with van der Waals surface area (Å²) < 4.78 is 0. The first-order valence-electron chi connectivity index (χ1n) is 10.8. The van der Waals surface area contributed by atoms with Crippen LogP contribution in [-0.4, -0.2) is 30.0 Å². The molecule has 172 valence electrons. The first-order valence-corrected chi connectivity index (χ1v) is 10.8. The number of nitrogens with one attached hydrogen (secondary N) is 2. The van der Waals surface area contributed by atoms with Crippen molar-refractivity contribution in [3.63, 3.8) is 0 Å². The number of fused-ring (bicyclic) bond motifs is 1. The molecule has 3 aromatic rings. The lowest BCUT2D eigenvalue weighted by Gasteiger charge is -2.30. The van der Waals surface area contributed by atoms with Gasteiger partial charge in [0.15, 0.2) is 0 Å². The minimum absolute atomic E-state index is 0. The standard InChI is InChI=1S/C25H30N4O.2ClH/c1-18(30)26-20-12-14-21(15-13-20)27-25-16-19(23-10-6-7-11-24(23)28-25)17-29(2)22-8-4-3-5-9-22;;/h3-11,16,20-21H,12-15,17H2,1-2H3,(H,26,30)(H,27,28);2*1H. The smallest absolute Gasteiger partial charge is 0.217 e. The average molecular weight is 475 g/mol. The van der Waals surface area contributed by atoms with Crippen LogP contribution in [0.5, 0.6) is 0 Å². The van der Waals surface area contributed by atoms with E-state index in [2.05, 4.69) is 71.1 Å². The highest BCUT2D eigenvalue weighted by Crippen LogP contribution is 2.27. The number of amides is 1. The number of carbonyl (C=O) groups excluding carboxylic acids is 1. The number of nitrogens with zero attached hydrogens (tertiary/aromatic N) is 2. The number of halogens is 2. The quantitative estimate of drug-likeness (QED) is 0.489. The summed E-state index contributed by atoms with van der Waals surface area (Å²) in [6.45, 7) is 2.41. The molecule has 0 spiro atoms. The van der Waals surface area contributed by atoms with E-state index in [9.17, 15) is 4.79 Å². The lowest BCUT2D eigenvalue weighted by molar-refractivity contribution is -0.119. The van der Waals surface area contributed by atoms with Crippen LogP contribution >= 0.6 is 24.8 Å². The van der Waals surface area contributed by atoms with Gasteiger partial charge in [-0.1, -0.05) is 36.4 Å². The Morgan fingerprint density at radius 3 is 2.28 bits per heavy atom. The fraction of sp³-hybridized carbons (Fsp3) is 0.360. The van der Waals surface area contributed by atoms with Crippen molar-refractivity contribution in [2.24, 2.45) is 0 Å². The molecule has 0 bridgehead atoms. The summed E-state index contributed by atoms with van der Waals surface area (Å²) in [5.41, 5.74) is 3.48. The topological polar surface area (TPSA) is 57.3 Å². The summed E-state index contributed by atoms with van der Waals surface area (Å²) in [7, 11) is 2.13. The van der Waals surface area contributed by atoms with E-state index in [-0.39, 0.29) is 30.7 Å². The summed E-state index contributed by atoms with van der Waals surface area (Å²) in [4.78, 5) is 18.4. The van der Waals surface area contributed by atoms with E-state index in [1.807, 2.05) is 12.1 Å². The van der Waals surface area contributed by atoms with Crippen molar-refractivity contribution in [1.29, 1.82) is 0 Å². The van der Waals surface area contributed by atoms with E-state index in [0.29, 0.717) is 12.1 Å². The van der Waals surface area contributed by atoms with Gasteiger partial charge in [-0.25, -0.2) is 4.98 Å². The van der Waals surface area contributed by atoms with Gasteiger partial charge in [-0.05, 0) is 55.5 Å². The number of para-hydroxylation sites is 2. The third-order valence-electron chi connectivity index (χ3n) is 5.89. The van der Waals surface area contributed by atoms with E-state index in [4.69, 9.17) is 4.98 Å². The minimum atomic E-state index is 0. The Morgan fingerprint density at radius 2 is 1.59 bits per heavy atom. The van der Waals surface area contributed by atoms with Crippen LogP contribution in [-0.2, 0) is 11.3 Å². The number of hydrogen-bond acceptors (Lipinski definition) is 4. The summed E-state index contributed by atoms with van der Waals surface area (Å²) in [6.07, 6.45) is 4.10. The minimum Gasteiger partial charge on any atom is -0.370 e. The molecule has 1 saturated carbocycles. The van der Waals surface area contributed by atoms with Crippen LogP contribution in [0.2, 0.25) is 0 Å². The second kappa shape index (κ2) is 11.9. The second-order valence-electron chi connectivity index (χ2n) is 8.27. The van der Waals surface area contributed by atoms with E-state index in [0.717, 1.165) is 43.6 Å². The SMILES string of the molecule is CC(=O)NC1CCC(Nc2cc(CN(C)c3ccccc3)c3ccccc3n2)CC1.Cl.Cl. The number of carbonyl (C=O) groups is 1. The van der Waals surface area contributed by atoms with Crippen molar-refractivity contribution in [1.82, 2.24) is 10.3 Å². The molecule has 1 aliphatic carbocycles. The van der Waals surface area contributed by atoms with Crippen molar-refractivity contribution in [2.45, 2.75) is 51.2 Å². The largest absolute Gasteiger partial charge is 0.370 e. The molecule has 0 atom stereocenters. The van der Waals surface area contributed by atoms with Gasteiger partial charge in [-0.15, -0.1) is 24.8 Å². The number of aromatic nitrogens is 1. The summed E-state index contributed by atoms with van der Waals surface area (Å²) in [6, 6.07) is 21.7. The van der Waals surface area contributed by atoms with Gasteiger partial charge in [0.05, 0.1) is 5.52 Å². The van der Waals surface area contributed by atoms with E-state index in [1.54, 1.807) is 6.92 Å². The Balaban J connectivity index is 0.00000181. The number of hydrogen-bond donors (Lipinski definition) is 2. The molecular formula is C25H32Cl2N4O. The lowest BCUT2D eigenvalue weighted by atomic mass is 9.91. The summed E-state index contributed by atoms with van der Waals surface area (Å²) in [5, 5.41) is 7.90. The number of anilines is 2. The van der Waals surface area contributed by atoms with Gasteiger partial charge in [0, 0.05) is 43.7 Å². The van der Waals surface area contributed by atoms with Gasteiger partial charge in [-0.3, -0.25) is 4.79 Å². The third-order valence-corrected chi connectivity index (χ3v) is 5.89. The van der Waals surface area contributed by atoms with Gasteiger partial charge < -0.3 is 15.5 Å². The van der Waals surface area contributed by atoms with Crippen LogP contribution in [0.25, 0.3) is 10.9 Å². The van der Waals surface area contributed by atoms with Crippen LogP contribution < -0.4 is 15.5 Å². The fourth-order valence-corrected chi connectivity index (χ4v) is 4.36. The molecule has 1 aliphatic rings. The Bertz CT molecular complexity index is 1010. The van der Waals surface area contributed by atoms with Crippen molar-refractivity contribution >= 4 is 53.1 Å². The Morgan fingerprint density at radius 1 is 0.969 bits per heavy atom. The maximum atomic E-state index is 11.3. The van der Waals surface area contributed by atoms with Crippen LogP contribution in [0.15, 0.2) is 60.7 Å². The van der Waals surface area contributed by atoms with Gasteiger partial charge in [-0.2, -0.15) is 0 Å². The second-order valence-corrected chi connectivity index (χ2v) is 8.27. The molecule has 0 saturated heterocycles. The molecule has 4 rings (SSSR count). The van der Waals surface area contributed by atoms with Crippen LogP contribution in [0.3, 0.4) is 0 Å². The van der Waals surface area contributed by atoms with Crippen molar-refractivity contribution < 1.29 is 4.79 Å². The normalized spacial score (nSPS) is 17.6. The highest BCUT2D eigenvalue weighted by Gasteiger charge is 2.22. The average Bonchev–Trinajstić information content (AvgIpc) is 2.75. The van der Waals surface area contributed by atoms with Crippen LogP contribution in [0, 0.1) is 0 Å². The maximum Gasteiger partial charge on any atom is 0.217 e. The molecular weight excluding hydrogens is 443 g/mol. The molecule has 1 amide bonds.